The van der Waals surface area contributed by atoms with Gasteiger partial charge in [0.05, 0.1) is 0 Å². The van der Waals surface area contributed by atoms with Gasteiger partial charge >= 0.3 is 5.97 Å². The van der Waals surface area contributed by atoms with E-state index in [4.69, 9.17) is 10.8 Å². The molecule has 1 rings (SSSR count). The second-order valence-electron chi connectivity index (χ2n) is 4.09. The lowest BCUT2D eigenvalue weighted by atomic mass is 10.1. The summed E-state index contributed by atoms with van der Waals surface area (Å²) in [7, 11) is 0. The Balaban J connectivity index is 2.41. The molecule has 76 valence electrons. The number of likely N-dealkylation sites (tertiary alicyclic amines) is 1. The first-order chi connectivity index (χ1) is 6.00. The Morgan fingerprint density at radius 1 is 1.69 bits per heavy atom. The van der Waals surface area contributed by atoms with E-state index < -0.39 is 12.0 Å². The van der Waals surface area contributed by atoms with Gasteiger partial charge in [0.2, 0.25) is 0 Å². The third-order valence-electron chi connectivity index (χ3n) is 2.66. The molecule has 1 heterocycles. The zero-order valence-electron chi connectivity index (χ0n) is 8.23. The van der Waals surface area contributed by atoms with Crippen molar-refractivity contribution in [2.75, 3.05) is 13.1 Å². The summed E-state index contributed by atoms with van der Waals surface area (Å²) in [4.78, 5) is 12.7. The molecule has 3 atom stereocenters. The highest BCUT2D eigenvalue weighted by molar-refractivity contribution is 5.73. The lowest BCUT2D eigenvalue weighted by Crippen LogP contribution is -2.43. The summed E-state index contributed by atoms with van der Waals surface area (Å²) in [5.41, 5.74) is 5.46. The second kappa shape index (κ2) is 4.07. The summed E-state index contributed by atoms with van der Waals surface area (Å²) < 4.78 is 0. The molecule has 13 heavy (non-hydrogen) atoms. The van der Waals surface area contributed by atoms with Crippen LogP contribution in [0.15, 0.2) is 0 Å². The van der Waals surface area contributed by atoms with Crippen molar-refractivity contribution in [1.82, 2.24) is 4.90 Å². The Kier molecular flexibility index (Phi) is 3.27. The number of rotatable bonds is 3. The van der Waals surface area contributed by atoms with Gasteiger partial charge in [-0.3, -0.25) is 9.69 Å². The van der Waals surface area contributed by atoms with Crippen LogP contribution in [0.5, 0.6) is 0 Å². The van der Waals surface area contributed by atoms with Crippen LogP contribution in [0.4, 0.5) is 0 Å². The average Bonchev–Trinajstić information content (AvgIpc) is 2.30. The van der Waals surface area contributed by atoms with Gasteiger partial charge in [-0.05, 0) is 19.3 Å². The highest BCUT2D eigenvalue weighted by Crippen LogP contribution is 2.21. The molecule has 4 heteroatoms. The van der Waals surface area contributed by atoms with Gasteiger partial charge in [0.15, 0.2) is 0 Å². The van der Waals surface area contributed by atoms with Crippen molar-refractivity contribution in [2.45, 2.75) is 32.4 Å². The molecule has 0 saturated carbocycles. The van der Waals surface area contributed by atoms with E-state index in [0.717, 1.165) is 13.0 Å². The highest BCUT2D eigenvalue weighted by Gasteiger charge is 2.28. The third kappa shape index (κ3) is 2.67. The number of carbonyl (C=O) groups is 1. The van der Waals surface area contributed by atoms with Gasteiger partial charge in [-0.25, -0.2) is 0 Å². The van der Waals surface area contributed by atoms with Crippen LogP contribution in [0.3, 0.4) is 0 Å². The summed E-state index contributed by atoms with van der Waals surface area (Å²) in [6, 6.07) is -0.270. The lowest BCUT2D eigenvalue weighted by molar-refractivity contribution is -0.139. The zero-order chi connectivity index (χ0) is 10.0. The number of carboxylic acid groups (broad SMARTS) is 1. The molecular formula is C9H18N2O2. The maximum absolute atomic E-state index is 10.5. The monoisotopic (exact) mass is 186 g/mol. The maximum atomic E-state index is 10.5. The SMILES string of the molecule is CC1CC(C)N(CC(N)C(=O)O)C1. The molecule has 1 aliphatic rings. The minimum absolute atomic E-state index is 0.473. The van der Waals surface area contributed by atoms with E-state index in [0.29, 0.717) is 18.5 Å². The molecule has 0 aromatic rings. The van der Waals surface area contributed by atoms with Gasteiger partial charge in [-0.15, -0.1) is 0 Å². The number of hydrogen-bond acceptors (Lipinski definition) is 3. The number of carboxylic acids is 1. The Labute approximate surface area is 78.7 Å². The molecule has 0 radical (unpaired) electrons. The Morgan fingerprint density at radius 2 is 2.31 bits per heavy atom. The summed E-state index contributed by atoms with van der Waals surface area (Å²) in [6.07, 6.45) is 1.15. The molecule has 1 fully saturated rings. The lowest BCUT2D eigenvalue weighted by Gasteiger charge is -2.22. The number of aliphatic carboxylic acids is 1. The second-order valence-corrected chi connectivity index (χ2v) is 4.09. The van der Waals surface area contributed by atoms with Crippen molar-refractivity contribution < 1.29 is 9.90 Å². The molecule has 4 nitrogen and oxygen atoms in total. The van der Waals surface area contributed by atoms with Crippen molar-refractivity contribution in [3.8, 4) is 0 Å². The molecule has 1 saturated heterocycles. The van der Waals surface area contributed by atoms with Crippen LogP contribution < -0.4 is 5.73 Å². The molecule has 0 aromatic carbocycles. The van der Waals surface area contributed by atoms with Crippen LogP contribution in [0.2, 0.25) is 0 Å². The third-order valence-corrected chi connectivity index (χ3v) is 2.66. The predicted octanol–water partition coefficient (Wildman–Crippen LogP) is 0.129. The molecular weight excluding hydrogens is 168 g/mol. The topological polar surface area (TPSA) is 66.6 Å². The number of hydrogen-bond donors (Lipinski definition) is 2. The molecule has 3 N–H and O–H groups in total. The van der Waals surface area contributed by atoms with Crippen LogP contribution in [0, 0.1) is 5.92 Å². The highest BCUT2D eigenvalue weighted by atomic mass is 16.4. The summed E-state index contributed by atoms with van der Waals surface area (Å²) in [5, 5.41) is 8.64. The van der Waals surface area contributed by atoms with E-state index in [9.17, 15) is 4.79 Å². The minimum atomic E-state index is -0.910. The average molecular weight is 186 g/mol. The minimum Gasteiger partial charge on any atom is -0.480 e. The largest absolute Gasteiger partial charge is 0.480 e. The summed E-state index contributed by atoms with van der Waals surface area (Å²) in [5.74, 6) is -0.247. The Hall–Kier alpha value is -0.610. The van der Waals surface area contributed by atoms with Crippen molar-refractivity contribution >= 4 is 5.97 Å². The van der Waals surface area contributed by atoms with Crippen LogP contribution in [0.1, 0.15) is 20.3 Å². The summed E-state index contributed by atoms with van der Waals surface area (Å²) in [6.45, 7) is 5.75. The first-order valence-corrected chi connectivity index (χ1v) is 4.73. The molecule has 1 aliphatic heterocycles. The van der Waals surface area contributed by atoms with Crippen LogP contribution in [-0.4, -0.2) is 41.1 Å². The van der Waals surface area contributed by atoms with Crippen molar-refractivity contribution in [3.63, 3.8) is 0 Å². The maximum Gasteiger partial charge on any atom is 0.321 e. The fourth-order valence-electron chi connectivity index (χ4n) is 1.97. The number of nitrogens with zero attached hydrogens (tertiary/aromatic N) is 1. The molecule has 0 amide bonds. The summed E-state index contributed by atoms with van der Waals surface area (Å²) >= 11 is 0. The van der Waals surface area contributed by atoms with Gasteiger partial charge in [0.25, 0.3) is 0 Å². The van der Waals surface area contributed by atoms with Crippen molar-refractivity contribution in [2.24, 2.45) is 11.7 Å². The van der Waals surface area contributed by atoms with Crippen molar-refractivity contribution in [3.05, 3.63) is 0 Å². The van der Waals surface area contributed by atoms with Crippen molar-refractivity contribution in [1.29, 1.82) is 0 Å². The quantitative estimate of drug-likeness (QED) is 0.657. The fourth-order valence-corrected chi connectivity index (χ4v) is 1.97. The van der Waals surface area contributed by atoms with Gasteiger partial charge in [-0.2, -0.15) is 0 Å². The Morgan fingerprint density at radius 3 is 2.69 bits per heavy atom. The normalized spacial score (nSPS) is 31.9. The van der Waals surface area contributed by atoms with Crippen LogP contribution >= 0.6 is 0 Å². The first kappa shape index (κ1) is 10.5. The van der Waals surface area contributed by atoms with Crippen LogP contribution in [-0.2, 0) is 4.79 Å². The fraction of sp³-hybridized carbons (Fsp3) is 0.889. The molecule has 3 unspecified atom stereocenters. The zero-order valence-corrected chi connectivity index (χ0v) is 8.23. The van der Waals surface area contributed by atoms with E-state index in [-0.39, 0.29) is 0 Å². The Bertz CT molecular complexity index is 196. The van der Waals surface area contributed by atoms with E-state index in [1.807, 2.05) is 0 Å². The van der Waals surface area contributed by atoms with E-state index in [1.54, 1.807) is 0 Å². The molecule has 0 aliphatic carbocycles. The van der Waals surface area contributed by atoms with E-state index in [1.165, 1.54) is 0 Å². The standard InChI is InChI=1S/C9H18N2O2/c1-6-3-7(2)11(4-6)5-8(10)9(12)13/h6-8H,3-5,10H2,1-2H3,(H,12,13). The van der Waals surface area contributed by atoms with Crippen LogP contribution in [0.25, 0.3) is 0 Å². The van der Waals surface area contributed by atoms with Gasteiger partial charge in [-0.1, -0.05) is 6.92 Å². The molecule has 0 spiro atoms. The molecule has 0 aromatic heterocycles. The predicted molar refractivity (Wildman–Crippen MR) is 50.4 cm³/mol. The number of nitrogens with two attached hydrogens (primary N) is 1. The van der Waals surface area contributed by atoms with Gasteiger partial charge in [0, 0.05) is 19.1 Å². The van der Waals surface area contributed by atoms with Gasteiger partial charge < -0.3 is 10.8 Å². The smallest absolute Gasteiger partial charge is 0.321 e. The van der Waals surface area contributed by atoms with E-state index in [2.05, 4.69) is 18.7 Å². The first-order valence-electron chi connectivity index (χ1n) is 4.73. The molecule has 0 bridgehead atoms. The van der Waals surface area contributed by atoms with E-state index >= 15 is 0 Å². The van der Waals surface area contributed by atoms with Gasteiger partial charge in [0.1, 0.15) is 6.04 Å².